The van der Waals surface area contributed by atoms with Gasteiger partial charge in [0, 0.05) is 55.0 Å². The van der Waals surface area contributed by atoms with E-state index in [-0.39, 0.29) is 11.9 Å². The molecule has 4 aromatic rings. The number of pyridine rings is 1. The number of nitrogens with one attached hydrogen (secondary N) is 2. The Morgan fingerprint density at radius 1 is 1.03 bits per heavy atom. The Balaban J connectivity index is 1.54. The van der Waals surface area contributed by atoms with E-state index in [1.807, 2.05) is 54.3 Å². The Kier molecular flexibility index (Phi) is 6.09. The van der Waals surface area contributed by atoms with Gasteiger partial charge >= 0.3 is 6.03 Å². The van der Waals surface area contributed by atoms with Crippen molar-refractivity contribution in [3.63, 3.8) is 0 Å². The molecule has 4 rings (SSSR count). The van der Waals surface area contributed by atoms with Crippen molar-refractivity contribution in [2.45, 2.75) is 19.4 Å². The Bertz CT molecular complexity index is 1090. The predicted octanol–water partition coefficient (Wildman–Crippen LogP) is 4.93. The van der Waals surface area contributed by atoms with Crippen molar-refractivity contribution in [2.24, 2.45) is 0 Å². The van der Waals surface area contributed by atoms with Gasteiger partial charge in [-0.1, -0.05) is 48.5 Å². The molecule has 2 amide bonds. The topological polar surface area (TPSA) is 61.0 Å². The lowest BCUT2D eigenvalue weighted by atomic mass is 9.91. The number of rotatable bonds is 7. The number of para-hydroxylation sites is 1. The molecule has 5 heteroatoms. The van der Waals surface area contributed by atoms with Crippen molar-refractivity contribution in [1.29, 1.82) is 0 Å². The fourth-order valence-electron chi connectivity index (χ4n) is 3.81. The maximum atomic E-state index is 12.9. The molecule has 2 aromatic heterocycles. The van der Waals surface area contributed by atoms with Crippen LogP contribution in [0.15, 0.2) is 85.3 Å². The molecular formula is C25H26N4O. The highest BCUT2D eigenvalue weighted by molar-refractivity contribution is 5.84. The summed E-state index contributed by atoms with van der Waals surface area (Å²) in [5, 5.41) is 4.35. The van der Waals surface area contributed by atoms with Gasteiger partial charge in [-0.15, -0.1) is 0 Å². The second kappa shape index (κ2) is 9.27. The lowest BCUT2D eigenvalue weighted by Gasteiger charge is -2.24. The highest BCUT2D eigenvalue weighted by atomic mass is 16.2. The zero-order valence-electron chi connectivity index (χ0n) is 17.1. The molecule has 0 saturated carbocycles. The van der Waals surface area contributed by atoms with Gasteiger partial charge in [-0.05, 0) is 41.8 Å². The van der Waals surface area contributed by atoms with Crippen molar-refractivity contribution in [1.82, 2.24) is 20.2 Å². The molecular weight excluding hydrogens is 372 g/mol. The highest BCUT2D eigenvalue weighted by Gasteiger charge is 2.20. The van der Waals surface area contributed by atoms with Crippen LogP contribution in [0.2, 0.25) is 0 Å². The summed E-state index contributed by atoms with van der Waals surface area (Å²) in [5.74, 6) is 0.0610. The van der Waals surface area contributed by atoms with Gasteiger partial charge in [0.15, 0.2) is 0 Å². The third-order valence-corrected chi connectivity index (χ3v) is 5.45. The fourth-order valence-corrected chi connectivity index (χ4v) is 3.81. The number of amides is 2. The Labute approximate surface area is 176 Å². The summed E-state index contributed by atoms with van der Waals surface area (Å²) in [6.07, 6.45) is 5.57. The van der Waals surface area contributed by atoms with Crippen molar-refractivity contribution in [2.75, 3.05) is 13.1 Å². The summed E-state index contributed by atoms with van der Waals surface area (Å²) in [6.45, 7) is 3.72. The molecule has 152 valence electrons. The maximum Gasteiger partial charge on any atom is 0.317 e. The Morgan fingerprint density at radius 3 is 2.53 bits per heavy atom. The standard InChI is InChI=1S/C25H26N4O/c1-2-29(18-19-12-14-26-15-13-19)25(30)28-16-22(20-8-4-3-5-9-20)23-17-27-24-11-7-6-10-21(23)24/h3-15,17,22,27H,2,16,18H2,1H3,(H,28,30)/t22-/m0/s1. The molecule has 0 spiro atoms. The first-order valence-corrected chi connectivity index (χ1v) is 10.3. The van der Waals surface area contributed by atoms with Crippen molar-refractivity contribution in [3.8, 4) is 0 Å². The summed E-state index contributed by atoms with van der Waals surface area (Å²) < 4.78 is 0. The minimum Gasteiger partial charge on any atom is -0.361 e. The monoisotopic (exact) mass is 398 g/mol. The van der Waals surface area contributed by atoms with Gasteiger partial charge in [-0.25, -0.2) is 4.79 Å². The average molecular weight is 399 g/mol. The van der Waals surface area contributed by atoms with E-state index >= 15 is 0 Å². The molecule has 0 saturated heterocycles. The van der Waals surface area contributed by atoms with Crippen molar-refractivity contribution < 1.29 is 4.79 Å². The lowest BCUT2D eigenvalue weighted by molar-refractivity contribution is 0.198. The number of carbonyl (C=O) groups is 1. The van der Waals surface area contributed by atoms with E-state index in [9.17, 15) is 4.79 Å². The van der Waals surface area contributed by atoms with Crippen LogP contribution >= 0.6 is 0 Å². The minimum absolute atomic E-state index is 0.0601. The van der Waals surface area contributed by atoms with Gasteiger partial charge in [-0.2, -0.15) is 0 Å². The lowest BCUT2D eigenvalue weighted by Crippen LogP contribution is -2.41. The summed E-state index contributed by atoms with van der Waals surface area (Å²) in [7, 11) is 0. The smallest absolute Gasteiger partial charge is 0.317 e. The maximum absolute atomic E-state index is 12.9. The molecule has 1 atom stereocenters. The number of nitrogens with zero attached hydrogens (tertiary/aromatic N) is 2. The van der Waals surface area contributed by atoms with Gasteiger partial charge < -0.3 is 15.2 Å². The molecule has 2 N–H and O–H groups in total. The minimum atomic E-state index is -0.0601. The van der Waals surface area contributed by atoms with Crippen LogP contribution in [0.1, 0.15) is 29.5 Å². The number of benzene rings is 2. The van der Waals surface area contributed by atoms with E-state index in [1.54, 1.807) is 12.4 Å². The van der Waals surface area contributed by atoms with Crippen LogP contribution < -0.4 is 5.32 Å². The molecule has 30 heavy (non-hydrogen) atoms. The van der Waals surface area contributed by atoms with Crippen LogP contribution in [-0.4, -0.2) is 34.0 Å². The SMILES string of the molecule is CCN(Cc1ccncc1)C(=O)NC[C@@H](c1ccccc1)c1c[nH]c2ccccc12. The number of fused-ring (bicyclic) bond motifs is 1. The molecule has 0 aliphatic rings. The first-order valence-electron chi connectivity index (χ1n) is 10.3. The molecule has 0 bridgehead atoms. The van der Waals surface area contributed by atoms with Gasteiger partial charge in [0.05, 0.1) is 0 Å². The third-order valence-electron chi connectivity index (χ3n) is 5.45. The molecule has 2 aromatic carbocycles. The normalized spacial score (nSPS) is 11.9. The van der Waals surface area contributed by atoms with Crippen LogP contribution in [0.5, 0.6) is 0 Å². The van der Waals surface area contributed by atoms with Crippen LogP contribution in [0, 0.1) is 0 Å². The van der Waals surface area contributed by atoms with E-state index in [0.29, 0.717) is 19.6 Å². The number of hydrogen-bond donors (Lipinski definition) is 2. The van der Waals surface area contributed by atoms with E-state index in [2.05, 4.69) is 45.7 Å². The van der Waals surface area contributed by atoms with E-state index in [1.165, 1.54) is 16.5 Å². The average Bonchev–Trinajstić information content (AvgIpc) is 3.23. The number of H-pyrrole nitrogens is 1. The van der Waals surface area contributed by atoms with E-state index in [4.69, 9.17) is 0 Å². The number of carbonyl (C=O) groups excluding carboxylic acids is 1. The van der Waals surface area contributed by atoms with Crippen LogP contribution in [0.25, 0.3) is 10.9 Å². The fraction of sp³-hybridized carbons (Fsp3) is 0.200. The number of urea groups is 1. The van der Waals surface area contributed by atoms with Crippen molar-refractivity contribution in [3.05, 3.63) is 102 Å². The van der Waals surface area contributed by atoms with Gasteiger partial charge in [0.1, 0.15) is 0 Å². The summed E-state index contributed by atoms with van der Waals surface area (Å²) in [6, 6.07) is 22.4. The number of aromatic amines is 1. The van der Waals surface area contributed by atoms with Gasteiger partial charge in [0.2, 0.25) is 0 Å². The van der Waals surface area contributed by atoms with Crippen LogP contribution in [0.4, 0.5) is 4.79 Å². The quantitative estimate of drug-likeness (QED) is 0.464. The zero-order valence-corrected chi connectivity index (χ0v) is 17.1. The predicted molar refractivity (Wildman–Crippen MR) is 120 cm³/mol. The summed E-state index contributed by atoms with van der Waals surface area (Å²) >= 11 is 0. The van der Waals surface area contributed by atoms with Crippen LogP contribution in [0.3, 0.4) is 0 Å². The molecule has 0 unspecified atom stereocenters. The summed E-state index contributed by atoms with van der Waals surface area (Å²) in [4.78, 5) is 22.2. The van der Waals surface area contributed by atoms with E-state index in [0.717, 1.165) is 11.1 Å². The number of hydrogen-bond acceptors (Lipinski definition) is 2. The first kappa shape index (κ1) is 19.7. The Hall–Kier alpha value is -3.60. The second-order valence-corrected chi connectivity index (χ2v) is 7.31. The van der Waals surface area contributed by atoms with E-state index < -0.39 is 0 Å². The molecule has 0 radical (unpaired) electrons. The zero-order chi connectivity index (χ0) is 20.8. The van der Waals surface area contributed by atoms with Gasteiger partial charge in [-0.3, -0.25) is 4.98 Å². The molecule has 0 fully saturated rings. The largest absolute Gasteiger partial charge is 0.361 e. The van der Waals surface area contributed by atoms with Crippen molar-refractivity contribution >= 4 is 16.9 Å². The first-order chi connectivity index (χ1) is 14.8. The highest BCUT2D eigenvalue weighted by Crippen LogP contribution is 2.30. The summed E-state index contributed by atoms with van der Waals surface area (Å²) in [5.41, 5.74) is 4.54. The van der Waals surface area contributed by atoms with Gasteiger partial charge in [0.25, 0.3) is 0 Å². The molecule has 5 nitrogen and oxygen atoms in total. The second-order valence-electron chi connectivity index (χ2n) is 7.31. The van der Waals surface area contributed by atoms with Crippen LogP contribution in [-0.2, 0) is 6.54 Å². The number of aromatic nitrogens is 2. The Morgan fingerprint density at radius 2 is 1.77 bits per heavy atom. The molecule has 0 aliphatic heterocycles. The molecule has 0 aliphatic carbocycles. The third kappa shape index (κ3) is 4.35. The molecule has 2 heterocycles.